The second-order valence-corrected chi connectivity index (χ2v) is 5.65. The first-order valence-electron chi connectivity index (χ1n) is 8.71. The number of rotatable bonds is 10. The van der Waals surface area contributed by atoms with Gasteiger partial charge in [0.2, 0.25) is 5.91 Å². The zero-order chi connectivity index (χ0) is 17.2. The lowest BCUT2D eigenvalue weighted by molar-refractivity contribution is -0.140. The van der Waals surface area contributed by atoms with E-state index in [0.29, 0.717) is 26.2 Å². The van der Waals surface area contributed by atoms with Crippen molar-refractivity contribution in [3.8, 4) is 0 Å². The molecule has 0 spiro atoms. The third kappa shape index (κ3) is 5.62. The summed E-state index contributed by atoms with van der Waals surface area (Å²) in [5.74, 6) is 0.0516. The minimum absolute atomic E-state index is 0.0516. The highest BCUT2D eigenvalue weighted by atomic mass is 16.7. The Balaban J connectivity index is 1.79. The first kappa shape index (κ1) is 18.4. The Morgan fingerprint density at radius 3 is 2.50 bits per heavy atom. The van der Waals surface area contributed by atoms with Crippen LogP contribution in [0.15, 0.2) is 42.5 Å². The molecule has 0 saturated heterocycles. The normalized spacial score (nSPS) is 11.1. The molecule has 130 valence electrons. The summed E-state index contributed by atoms with van der Waals surface area (Å²) >= 11 is 0. The van der Waals surface area contributed by atoms with Crippen LogP contribution in [0.1, 0.15) is 32.3 Å². The third-order valence-corrected chi connectivity index (χ3v) is 3.87. The van der Waals surface area contributed by atoms with E-state index in [1.54, 1.807) is 0 Å². The van der Waals surface area contributed by atoms with Crippen LogP contribution in [0.3, 0.4) is 0 Å². The summed E-state index contributed by atoms with van der Waals surface area (Å²) in [5.41, 5.74) is 1.06. The van der Waals surface area contributed by atoms with Crippen LogP contribution in [0, 0.1) is 0 Å². The van der Waals surface area contributed by atoms with Crippen LogP contribution in [-0.2, 0) is 20.7 Å². The van der Waals surface area contributed by atoms with Crippen LogP contribution in [0.25, 0.3) is 10.8 Å². The highest BCUT2D eigenvalue weighted by Crippen LogP contribution is 2.18. The zero-order valence-electron chi connectivity index (χ0n) is 14.6. The second-order valence-electron chi connectivity index (χ2n) is 5.65. The van der Waals surface area contributed by atoms with Crippen molar-refractivity contribution >= 4 is 16.7 Å². The largest absolute Gasteiger partial charge is 0.356 e. The Labute approximate surface area is 144 Å². The molecule has 24 heavy (non-hydrogen) atoms. The van der Waals surface area contributed by atoms with Crippen molar-refractivity contribution in [2.24, 2.45) is 0 Å². The predicted octanol–water partition coefficient (Wildman–Crippen LogP) is 3.68. The van der Waals surface area contributed by atoms with Gasteiger partial charge in [0, 0.05) is 26.2 Å². The van der Waals surface area contributed by atoms with Gasteiger partial charge < -0.3 is 14.8 Å². The van der Waals surface area contributed by atoms with E-state index < -0.39 is 0 Å². The van der Waals surface area contributed by atoms with Crippen LogP contribution in [0.5, 0.6) is 0 Å². The highest BCUT2D eigenvalue weighted by Gasteiger charge is 2.09. The molecule has 2 aromatic rings. The second kappa shape index (κ2) is 10.1. The van der Waals surface area contributed by atoms with Gasteiger partial charge in [-0.1, -0.05) is 42.5 Å². The van der Waals surface area contributed by atoms with E-state index in [0.717, 1.165) is 23.8 Å². The quantitative estimate of drug-likeness (QED) is 0.534. The van der Waals surface area contributed by atoms with Crippen LogP contribution in [-0.4, -0.2) is 32.0 Å². The van der Waals surface area contributed by atoms with E-state index >= 15 is 0 Å². The van der Waals surface area contributed by atoms with Crippen LogP contribution in [0.2, 0.25) is 0 Å². The number of ether oxygens (including phenoxy) is 2. The summed E-state index contributed by atoms with van der Waals surface area (Å²) in [6, 6.07) is 14.2. The van der Waals surface area contributed by atoms with Gasteiger partial charge in [-0.25, -0.2) is 0 Å². The molecule has 0 unspecified atom stereocenters. The van der Waals surface area contributed by atoms with Gasteiger partial charge in [-0.15, -0.1) is 0 Å². The van der Waals surface area contributed by atoms with Crippen LogP contribution in [0.4, 0.5) is 0 Å². The van der Waals surface area contributed by atoms with Gasteiger partial charge in [-0.2, -0.15) is 0 Å². The van der Waals surface area contributed by atoms with Gasteiger partial charge in [-0.05, 0) is 36.6 Å². The Hall–Kier alpha value is -1.91. The number of fused-ring (bicyclic) bond motifs is 1. The fourth-order valence-corrected chi connectivity index (χ4v) is 2.77. The predicted molar refractivity (Wildman–Crippen MR) is 96.9 cm³/mol. The van der Waals surface area contributed by atoms with Gasteiger partial charge in [0.25, 0.3) is 0 Å². The van der Waals surface area contributed by atoms with Crippen molar-refractivity contribution in [1.82, 2.24) is 5.32 Å². The molecule has 0 bridgehead atoms. The van der Waals surface area contributed by atoms with Crippen molar-refractivity contribution in [1.29, 1.82) is 0 Å². The Kier molecular flexibility index (Phi) is 7.72. The topological polar surface area (TPSA) is 47.6 Å². The molecule has 0 aliphatic carbocycles. The van der Waals surface area contributed by atoms with Gasteiger partial charge >= 0.3 is 0 Å². The molecule has 1 amide bonds. The minimum Gasteiger partial charge on any atom is -0.356 e. The molecule has 0 saturated carbocycles. The summed E-state index contributed by atoms with van der Waals surface area (Å²) in [7, 11) is 0. The van der Waals surface area contributed by atoms with E-state index in [9.17, 15) is 4.79 Å². The molecular weight excluding hydrogens is 302 g/mol. The summed E-state index contributed by atoms with van der Waals surface area (Å²) in [4.78, 5) is 12.2. The maximum absolute atomic E-state index is 12.2. The Morgan fingerprint density at radius 2 is 1.75 bits per heavy atom. The SMILES string of the molecule is CCOC(CCCNC(=O)Cc1cccc2ccccc12)OCC. The van der Waals surface area contributed by atoms with Crippen molar-refractivity contribution in [2.75, 3.05) is 19.8 Å². The van der Waals surface area contributed by atoms with Gasteiger partial charge in [0.05, 0.1) is 6.42 Å². The molecular formula is C20H27NO3. The van der Waals surface area contributed by atoms with Crippen molar-refractivity contribution in [3.05, 3.63) is 48.0 Å². The molecule has 2 rings (SSSR count). The summed E-state index contributed by atoms with van der Waals surface area (Å²) < 4.78 is 11.0. The molecule has 4 nitrogen and oxygen atoms in total. The number of carbonyl (C=O) groups excluding carboxylic acids is 1. The lowest BCUT2D eigenvalue weighted by Gasteiger charge is -2.16. The average Bonchev–Trinajstić information content (AvgIpc) is 2.59. The summed E-state index contributed by atoms with van der Waals surface area (Å²) in [6.07, 6.45) is 1.86. The van der Waals surface area contributed by atoms with Crippen molar-refractivity contribution < 1.29 is 14.3 Å². The molecule has 0 aliphatic rings. The number of hydrogen-bond donors (Lipinski definition) is 1. The minimum atomic E-state index is -0.171. The molecule has 0 aromatic heterocycles. The van der Waals surface area contributed by atoms with Crippen LogP contribution < -0.4 is 5.32 Å². The van der Waals surface area contributed by atoms with Crippen molar-refractivity contribution in [3.63, 3.8) is 0 Å². The monoisotopic (exact) mass is 329 g/mol. The standard InChI is InChI=1S/C20H27NO3/c1-3-23-20(24-4-2)13-8-14-21-19(22)15-17-11-7-10-16-9-5-6-12-18(16)17/h5-7,9-12,20H,3-4,8,13-15H2,1-2H3,(H,21,22). The average molecular weight is 329 g/mol. The van der Waals surface area contributed by atoms with Gasteiger partial charge in [0.1, 0.15) is 0 Å². The highest BCUT2D eigenvalue weighted by molar-refractivity contribution is 5.90. The molecule has 2 aromatic carbocycles. The van der Waals surface area contributed by atoms with Crippen molar-refractivity contribution in [2.45, 2.75) is 39.4 Å². The molecule has 0 heterocycles. The van der Waals surface area contributed by atoms with E-state index in [1.165, 1.54) is 5.39 Å². The Morgan fingerprint density at radius 1 is 1.04 bits per heavy atom. The van der Waals surface area contributed by atoms with E-state index in [1.807, 2.05) is 38.1 Å². The maximum Gasteiger partial charge on any atom is 0.224 e. The van der Waals surface area contributed by atoms with E-state index in [4.69, 9.17) is 9.47 Å². The maximum atomic E-state index is 12.2. The summed E-state index contributed by atoms with van der Waals surface area (Å²) in [5, 5.41) is 5.29. The number of hydrogen-bond acceptors (Lipinski definition) is 3. The first-order chi connectivity index (χ1) is 11.7. The Bertz CT molecular complexity index is 630. The first-order valence-corrected chi connectivity index (χ1v) is 8.71. The number of carbonyl (C=O) groups is 1. The van der Waals surface area contributed by atoms with E-state index in [2.05, 4.69) is 23.5 Å². The fourth-order valence-electron chi connectivity index (χ4n) is 2.77. The zero-order valence-corrected chi connectivity index (χ0v) is 14.6. The summed E-state index contributed by atoms with van der Waals surface area (Å²) in [6.45, 7) is 5.83. The number of amides is 1. The smallest absolute Gasteiger partial charge is 0.224 e. The molecule has 0 radical (unpaired) electrons. The lowest BCUT2D eigenvalue weighted by Crippen LogP contribution is -2.27. The van der Waals surface area contributed by atoms with Gasteiger partial charge in [-0.3, -0.25) is 4.79 Å². The number of nitrogens with one attached hydrogen (secondary N) is 1. The van der Waals surface area contributed by atoms with Crippen LogP contribution >= 0.6 is 0 Å². The third-order valence-electron chi connectivity index (χ3n) is 3.87. The molecule has 1 N–H and O–H groups in total. The lowest BCUT2D eigenvalue weighted by atomic mass is 10.0. The molecule has 0 atom stereocenters. The fraction of sp³-hybridized carbons (Fsp3) is 0.450. The van der Waals surface area contributed by atoms with E-state index in [-0.39, 0.29) is 12.2 Å². The number of benzene rings is 2. The molecule has 4 heteroatoms. The van der Waals surface area contributed by atoms with Gasteiger partial charge in [0.15, 0.2) is 6.29 Å². The molecule has 0 fully saturated rings. The molecule has 0 aliphatic heterocycles.